The maximum Gasteiger partial charge on any atom is 0.325 e. The van der Waals surface area contributed by atoms with Crippen LogP contribution in [-0.4, -0.2) is 82.7 Å². The van der Waals surface area contributed by atoms with Crippen molar-refractivity contribution in [2.75, 3.05) is 13.7 Å². The minimum Gasteiger partial charge on any atom is -0.468 e. The van der Waals surface area contributed by atoms with E-state index in [9.17, 15) is 19.2 Å². The fourth-order valence-corrected chi connectivity index (χ4v) is 7.19. The first-order chi connectivity index (χ1) is 17.4. The minimum atomic E-state index is -0.958. The Labute approximate surface area is 234 Å². The van der Waals surface area contributed by atoms with Crippen molar-refractivity contribution in [1.82, 2.24) is 30.5 Å². The van der Waals surface area contributed by atoms with Crippen molar-refractivity contribution < 1.29 is 23.9 Å². The normalized spacial score (nSPS) is 22.0. The number of methoxy groups -OCH3 is 1. The summed E-state index contributed by atoms with van der Waals surface area (Å²) < 4.78 is 5.07. The summed E-state index contributed by atoms with van der Waals surface area (Å²) in [5.74, 6) is -1.78. The zero-order valence-electron chi connectivity index (χ0n) is 20.3. The average molecular weight is 658 g/mol. The summed E-state index contributed by atoms with van der Waals surface area (Å²) in [5, 5.41) is 13.2. The Morgan fingerprint density at radius 3 is 2.59 bits per heavy atom. The van der Waals surface area contributed by atoms with Gasteiger partial charge >= 0.3 is 5.97 Å². The summed E-state index contributed by atoms with van der Waals surface area (Å²) in [7, 11) is 1.22. The van der Waals surface area contributed by atoms with Gasteiger partial charge in [0.2, 0.25) is 5.91 Å². The van der Waals surface area contributed by atoms with Crippen molar-refractivity contribution in [2.24, 2.45) is 0 Å². The quantitative estimate of drug-likeness (QED) is 0.235. The summed E-state index contributed by atoms with van der Waals surface area (Å²) in [6, 6.07) is 8.07. The molecule has 0 saturated carbocycles. The summed E-state index contributed by atoms with van der Waals surface area (Å²) in [5.41, 5.74) is 0.859. The molecule has 11 nitrogen and oxygen atoms in total. The second-order valence-electron chi connectivity index (χ2n) is 9.26. The number of benzene rings is 1. The molecule has 0 spiro atoms. The fraction of sp³-hybridized carbons (Fsp3) is 0.478. The van der Waals surface area contributed by atoms with Gasteiger partial charge in [-0.2, -0.15) is 0 Å². The zero-order valence-corrected chi connectivity index (χ0v) is 24.3. The van der Waals surface area contributed by atoms with Crippen LogP contribution in [0.5, 0.6) is 0 Å². The first kappa shape index (κ1) is 27.6. The molecule has 2 aromatic rings. The number of fused-ring (bicyclic) bond motifs is 1. The van der Waals surface area contributed by atoms with Crippen LogP contribution < -0.4 is 10.6 Å². The predicted octanol–water partition coefficient (Wildman–Crippen LogP) is 1.46. The molecule has 2 aliphatic heterocycles. The van der Waals surface area contributed by atoms with Crippen molar-refractivity contribution in [2.45, 2.75) is 52.3 Å². The van der Waals surface area contributed by atoms with Gasteiger partial charge in [0.05, 0.1) is 25.9 Å². The van der Waals surface area contributed by atoms with Crippen molar-refractivity contribution in [1.29, 1.82) is 0 Å². The van der Waals surface area contributed by atoms with Crippen LogP contribution in [0.2, 0.25) is 0 Å². The van der Waals surface area contributed by atoms with Crippen LogP contribution in [0.3, 0.4) is 0 Å². The summed E-state index contributed by atoms with van der Waals surface area (Å²) >= 11 is 8.61. The third kappa shape index (κ3) is 5.70. The number of nitrogens with one attached hydrogen (secondary N) is 2. The molecule has 1 aromatic heterocycles. The Balaban J connectivity index is 1.44. The van der Waals surface area contributed by atoms with Crippen molar-refractivity contribution >= 4 is 67.3 Å². The van der Waals surface area contributed by atoms with E-state index in [2.05, 4.69) is 71.4 Å². The molecule has 14 heteroatoms. The van der Waals surface area contributed by atoms with Gasteiger partial charge in [0.25, 0.3) is 11.8 Å². The number of hydrogen-bond donors (Lipinski definition) is 2. The highest BCUT2D eigenvalue weighted by Gasteiger charge is 2.68. The van der Waals surface area contributed by atoms with Crippen LogP contribution in [0.25, 0.3) is 0 Å². The summed E-state index contributed by atoms with van der Waals surface area (Å²) in [6.07, 6.45) is 1.70. The lowest BCUT2D eigenvalue weighted by Crippen LogP contribution is -2.67. The van der Waals surface area contributed by atoms with E-state index < -0.39 is 27.1 Å². The second kappa shape index (κ2) is 10.7. The second-order valence-corrected chi connectivity index (χ2v) is 14.6. The maximum atomic E-state index is 13.0. The van der Waals surface area contributed by atoms with Crippen molar-refractivity contribution in [3.63, 3.8) is 0 Å². The first-order valence-corrected chi connectivity index (χ1v) is 13.9. The van der Waals surface area contributed by atoms with Gasteiger partial charge in [0.1, 0.15) is 18.0 Å². The molecule has 0 radical (unpaired) electrons. The summed E-state index contributed by atoms with van der Waals surface area (Å²) in [6.45, 7) is 4.17. The van der Waals surface area contributed by atoms with Gasteiger partial charge in [-0.25, -0.2) is 4.68 Å². The van der Waals surface area contributed by atoms with E-state index >= 15 is 0 Å². The number of carbonyl (C=O) groups excluding carboxylic acids is 4. The Kier molecular flexibility index (Phi) is 8.00. The molecular weight excluding hydrogens is 632 g/mol. The Bertz CT molecular complexity index is 1210. The van der Waals surface area contributed by atoms with Gasteiger partial charge in [0.15, 0.2) is 8.93 Å². The number of rotatable bonds is 9. The molecule has 0 unspecified atom stereocenters. The van der Waals surface area contributed by atoms with Crippen LogP contribution in [0.4, 0.5) is 0 Å². The molecule has 2 fully saturated rings. The van der Waals surface area contributed by atoms with Crippen LogP contribution in [0.1, 0.15) is 29.9 Å². The number of ether oxygens (including phenoxy) is 1. The molecule has 198 valence electrons. The zero-order chi connectivity index (χ0) is 27.0. The van der Waals surface area contributed by atoms with E-state index in [1.165, 1.54) is 18.0 Å². The molecular formula is C23H26Br2N6O5S. The number of esters is 1. The topological polar surface area (TPSA) is 136 Å². The third-order valence-corrected chi connectivity index (χ3v) is 10.1. The number of halogens is 2. The van der Waals surface area contributed by atoms with Crippen molar-refractivity contribution in [3.8, 4) is 0 Å². The number of alkyl halides is 2. The minimum absolute atomic E-state index is 0.0316. The number of hydrogen-bond acceptors (Lipinski definition) is 8. The van der Waals surface area contributed by atoms with Crippen molar-refractivity contribution in [3.05, 3.63) is 47.8 Å². The molecule has 2 aliphatic rings. The number of carbonyl (C=O) groups is 4. The molecule has 2 N–H and O–H groups in total. The molecule has 4 rings (SSSR count). The van der Waals surface area contributed by atoms with Gasteiger partial charge in [-0.15, -0.1) is 16.9 Å². The number of nitrogens with zero attached hydrogens (tertiary/aromatic N) is 4. The average Bonchev–Trinajstić information content (AvgIpc) is 3.44. The van der Waals surface area contributed by atoms with E-state index in [1.54, 1.807) is 11.8 Å². The van der Waals surface area contributed by atoms with Crippen LogP contribution in [0.15, 0.2) is 36.5 Å². The van der Waals surface area contributed by atoms with E-state index in [0.717, 1.165) is 5.56 Å². The van der Waals surface area contributed by atoms with Crippen LogP contribution in [-0.2, 0) is 32.1 Å². The van der Waals surface area contributed by atoms with Crippen LogP contribution in [0, 0.1) is 0 Å². The molecule has 1 aromatic carbocycles. The number of β-lactam (4-membered cyclic amide) rings is 1. The lowest BCUT2D eigenvalue weighted by atomic mass is 9.98. The van der Waals surface area contributed by atoms with Gasteiger partial charge in [-0.05, 0) is 19.4 Å². The molecule has 0 bridgehead atoms. The highest BCUT2D eigenvalue weighted by Crippen LogP contribution is 2.60. The molecule has 3 atom stereocenters. The monoisotopic (exact) mass is 656 g/mol. The van der Waals surface area contributed by atoms with E-state index in [0.29, 0.717) is 6.54 Å². The highest BCUT2D eigenvalue weighted by atomic mass is 79.9. The first-order valence-electron chi connectivity index (χ1n) is 11.4. The van der Waals surface area contributed by atoms with Gasteiger partial charge < -0.3 is 20.3 Å². The number of aromatic nitrogens is 3. The molecule has 3 amide bonds. The number of amides is 3. The number of thioether (sulfide) groups is 1. The third-order valence-electron chi connectivity index (χ3n) is 6.31. The van der Waals surface area contributed by atoms with Crippen LogP contribution >= 0.6 is 43.6 Å². The lowest BCUT2D eigenvalue weighted by molar-refractivity contribution is -0.144. The SMILES string of the molecule is COC(=O)CNC(=O)[C@H](Cc1ccccc1)NC(=O)c1cn(C[C@@H]2N3C(=O)C(Br)(Br)[C@H]3SC2(C)C)nn1. The van der Waals surface area contributed by atoms with E-state index in [4.69, 9.17) is 0 Å². The highest BCUT2D eigenvalue weighted by molar-refractivity contribution is 9.26. The fourth-order valence-electron chi connectivity index (χ4n) is 4.25. The van der Waals surface area contributed by atoms with Gasteiger partial charge in [-0.3, -0.25) is 19.2 Å². The summed E-state index contributed by atoms with van der Waals surface area (Å²) in [4.78, 5) is 51.7. The largest absolute Gasteiger partial charge is 0.468 e. The predicted molar refractivity (Wildman–Crippen MR) is 143 cm³/mol. The molecule has 3 heterocycles. The standard InChI is InChI=1S/C23H26Br2N6O5S/c1-22(2)16(31-20(35)23(24,25)21(31)37-22)12-30-11-15(28-29-30)19(34)27-14(9-13-7-5-4-6-8-13)18(33)26-10-17(32)36-3/h4-8,11,14,16,21H,9-10,12H2,1-3H3,(H,26,33)(H,27,34)/t14-,16-,21+/m0/s1. The molecule has 0 aliphatic carbocycles. The van der Waals surface area contributed by atoms with Gasteiger partial charge in [-0.1, -0.05) is 67.4 Å². The van der Waals surface area contributed by atoms with E-state index in [1.807, 2.05) is 35.2 Å². The van der Waals surface area contributed by atoms with E-state index in [-0.39, 0.29) is 40.7 Å². The smallest absolute Gasteiger partial charge is 0.325 e. The lowest BCUT2D eigenvalue weighted by Gasteiger charge is -2.47. The van der Waals surface area contributed by atoms with Gasteiger partial charge in [0, 0.05) is 11.2 Å². The Hall–Kier alpha value is -2.45. The Morgan fingerprint density at radius 2 is 1.92 bits per heavy atom. The molecule has 2 saturated heterocycles. The molecule has 37 heavy (non-hydrogen) atoms. The Morgan fingerprint density at radius 1 is 1.22 bits per heavy atom. The maximum absolute atomic E-state index is 13.0.